The second kappa shape index (κ2) is 4.10. The molecule has 0 saturated heterocycles. The third-order valence-corrected chi connectivity index (χ3v) is 3.09. The van der Waals surface area contributed by atoms with Crippen molar-refractivity contribution in [2.75, 3.05) is 5.73 Å². The Balaban J connectivity index is 2.26. The van der Waals surface area contributed by atoms with Gasteiger partial charge in [-0.15, -0.1) is 0 Å². The van der Waals surface area contributed by atoms with E-state index in [0.29, 0.717) is 6.04 Å². The van der Waals surface area contributed by atoms with Crippen LogP contribution >= 0.6 is 0 Å². The summed E-state index contributed by atoms with van der Waals surface area (Å²) >= 11 is 0. The van der Waals surface area contributed by atoms with E-state index >= 15 is 0 Å². The predicted octanol–water partition coefficient (Wildman–Crippen LogP) is 3.03. The van der Waals surface area contributed by atoms with Gasteiger partial charge >= 0.3 is 0 Å². The Morgan fingerprint density at radius 1 is 1.31 bits per heavy atom. The lowest BCUT2D eigenvalue weighted by Gasteiger charge is -2.33. The lowest BCUT2D eigenvalue weighted by molar-refractivity contribution is 0.336. The summed E-state index contributed by atoms with van der Waals surface area (Å²) < 4.78 is 0. The van der Waals surface area contributed by atoms with Crippen LogP contribution in [0.5, 0.6) is 0 Å². The van der Waals surface area contributed by atoms with E-state index < -0.39 is 0 Å². The van der Waals surface area contributed by atoms with Gasteiger partial charge in [-0.05, 0) is 63.3 Å². The number of aryl methyl sites for hydroxylation is 1. The Morgan fingerprint density at radius 2 is 2.06 bits per heavy atom. The van der Waals surface area contributed by atoms with Gasteiger partial charge in [0.1, 0.15) is 0 Å². The summed E-state index contributed by atoms with van der Waals surface area (Å²) in [5, 5.41) is 3.69. The standard InChI is InChI=1S/C14H22N2/c1-14(2,3)16-13-6-4-5-10-9-11(15)7-8-12(10)13/h7-9,13,16H,4-6,15H2,1-3H3. The molecule has 2 nitrogen and oxygen atoms in total. The van der Waals surface area contributed by atoms with Crippen molar-refractivity contribution >= 4 is 5.69 Å². The van der Waals surface area contributed by atoms with E-state index in [1.165, 1.54) is 30.4 Å². The maximum atomic E-state index is 5.83. The SMILES string of the molecule is CC(C)(C)NC1CCCc2cc(N)ccc21. The van der Waals surface area contributed by atoms with E-state index in [9.17, 15) is 0 Å². The maximum Gasteiger partial charge on any atom is 0.0327 e. The number of hydrogen-bond acceptors (Lipinski definition) is 2. The smallest absolute Gasteiger partial charge is 0.0327 e. The summed E-state index contributed by atoms with van der Waals surface area (Å²) in [4.78, 5) is 0. The molecule has 1 aliphatic carbocycles. The number of fused-ring (bicyclic) bond motifs is 1. The van der Waals surface area contributed by atoms with Crippen LogP contribution in [0, 0.1) is 0 Å². The van der Waals surface area contributed by atoms with Crippen molar-refractivity contribution in [3.63, 3.8) is 0 Å². The number of nitrogens with two attached hydrogens (primary N) is 1. The molecular weight excluding hydrogens is 196 g/mol. The van der Waals surface area contributed by atoms with E-state index in [-0.39, 0.29) is 5.54 Å². The number of benzene rings is 1. The molecule has 1 atom stereocenters. The Bertz CT molecular complexity index is 377. The highest BCUT2D eigenvalue weighted by molar-refractivity contribution is 5.46. The Kier molecular flexibility index (Phi) is 2.94. The fraction of sp³-hybridized carbons (Fsp3) is 0.571. The monoisotopic (exact) mass is 218 g/mol. The largest absolute Gasteiger partial charge is 0.399 e. The molecule has 1 aromatic carbocycles. The number of nitrogens with one attached hydrogen (secondary N) is 1. The predicted molar refractivity (Wildman–Crippen MR) is 69.4 cm³/mol. The molecule has 0 spiro atoms. The second-order valence-corrected chi connectivity index (χ2v) is 5.80. The molecule has 1 unspecified atom stereocenters. The second-order valence-electron chi connectivity index (χ2n) is 5.80. The molecule has 0 bridgehead atoms. The van der Waals surface area contributed by atoms with Crippen LogP contribution in [-0.2, 0) is 6.42 Å². The number of nitrogen functional groups attached to an aromatic ring is 1. The summed E-state index contributed by atoms with van der Waals surface area (Å²) in [6.45, 7) is 6.66. The first-order valence-corrected chi connectivity index (χ1v) is 6.12. The van der Waals surface area contributed by atoms with Gasteiger partial charge in [0.15, 0.2) is 0 Å². The van der Waals surface area contributed by atoms with Crippen molar-refractivity contribution in [3.8, 4) is 0 Å². The van der Waals surface area contributed by atoms with Crippen LogP contribution in [0.15, 0.2) is 18.2 Å². The molecule has 1 aromatic rings. The minimum Gasteiger partial charge on any atom is -0.399 e. The van der Waals surface area contributed by atoms with E-state index in [1.807, 2.05) is 6.07 Å². The molecule has 0 heterocycles. The minimum atomic E-state index is 0.167. The van der Waals surface area contributed by atoms with Gasteiger partial charge in [0.05, 0.1) is 0 Å². The van der Waals surface area contributed by atoms with Crippen molar-refractivity contribution in [1.29, 1.82) is 0 Å². The first-order valence-electron chi connectivity index (χ1n) is 6.12. The molecule has 0 fully saturated rings. The van der Waals surface area contributed by atoms with Crippen molar-refractivity contribution in [1.82, 2.24) is 5.32 Å². The van der Waals surface area contributed by atoms with E-state index in [2.05, 4.69) is 38.2 Å². The highest BCUT2D eigenvalue weighted by Crippen LogP contribution is 2.32. The zero-order valence-corrected chi connectivity index (χ0v) is 10.5. The van der Waals surface area contributed by atoms with E-state index in [1.54, 1.807) is 0 Å². The molecule has 0 saturated carbocycles. The molecule has 16 heavy (non-hydrogen) atoms. The molecular formula is C14H22N2. The Hall–Kier alpha value is -1.02. The molecule has 0 aromatic heterocycles. The van der Waals surface area contributed by atoms with Crippen LogP contribution in [0.3, 0.4) is 0 Å². The summed E-state index contributed by atoms with van der Waals surface area (Å²) in [7, 11) is 0. The average molecular weight is 218 g/mol. The zero-order chi connectivity index (χ0) is 11.8. The van der Waals surface area contributed by atoms with Gasteiger partial charge in [0.2, 0.25) is 0 Å². The van der Waals surface area contributed by atoms with Crippen molar-refractivity contribution in [3.05, 3.63) is 29.3 Å². The van der Waals surface area contributed by atoms with Crippen LogP contribution in [0.1, 0.15) is 50.8 Å². The number of hydrogen-bond donors (Lipinski definition) is 2. The van der Waals surface area contributed by atoms with Crippen LogP contribution in [0.25, 0.3) is 0 Å². The third-order valence-electron chi connectivity index (χ3n) is 3.09. The highest BCUT2D eigenvalue weighted by atomic mass is 15.0. The first kappa shape index (κ1) is 11.5. The average Bonchev–Trinajstić information content (AvgIpc) is 2.15. The van der Waals surface area contributed by atoms with Crippen molar-refractivity contribution in [2.45, 2.75) is 51.6 Å². The van der Waals surface area contributed by atoms with Gasteiger partial charge in [0.25, 0.3) is 0 Å². The molecule has 2 rings (SSSR count). The van der Waals surface area contributed by atoms with E-state index in [4.69, 9.17) is 5.73 Å². The number of anilines is 1. The van der Waals surface area contributed by atoms with Crippen LogP contribution in [0.2, 0.25) is 0 Å². The summed E-state index contributed by atoms with van der Waals surface area (Å²) in [6.07, 6.45) is 3.65. The summed E-state index contributed by atoms with van der Waals surface area (Å²) in [6, 6.07) is 6.82. The maximum absolute atomic E-state index is 5.83. The van der Waals surface area contributed by atoms with Gasteiger partial charge in [-0.2, -0.15) is 0 Å². The molecule has 0 aliphatic heterocycles. The molecule has 0 radical (unpaired) electrons. The van der Waals surface area contributed by atoms with Crippen molar-refractivity contribution < 1.29 is 0 Å². The zero-order valence-electron chi connectivity index (χ0n) is 10.5. The topological polar surface area (TPSA) is 38.0 Å². The molecule has 3 N–H and O–H groups in total. The van der Waals surface area contributed by atoms with Crippen molar-refractivity contribution in [2.24, 2.45) is 0 Å². The Labute approximate surface area is 98.2 Å². The van der Waals surface area contributed by atoms with Gasteiger partial charge in [-0.25, -0.2) is 0 Å². The summed E-state index contributed by atoms with van der Waals surface area (Å²) in [5.74, 6) is 0. The third kappa shape index (κ3) is 2.56. The van der Waals surface area contributed by atoms with Gasteiger partial charge in [-0.1, -0.05) is 6.07 Å². The van der Waals surface area contributed by atoms with Crippen LogP contribution in [0.4, 0.5) is 5.69 Å². The molecule has 88 valence electrons. The van der Waals surface area contributed by atoms with Gasteiger partial charge in [-0.3, -0.25) is 0 Å². The van der Waals surface area contributed by atoms with Crippen LogP contribution < -0.4 is 11.1 Å². The molecule has 2 heteroatoms. The van der Waals surface area contributed by atoms with E-state index in [0.717, 1.165) is 5.69 Å². The van der Waals surface area contributed by atoms with Crippen LogP contribution in [-0.4, -0.2) is 5.54 Å². The normalized spacial score (nSPS) is 20.6. The Morgan fingerprint density at radius 3 is 2.75 bits per heavy atom. The minimum absolute atomic E-state index is 0.167. The van der Waals surface area contributed by atoms with Gasteiger partial charge < -0.3 is 11.1 Å². The number of rotatable bonds is 1. The fourth-order valence-electron chi connectivity index (χ4n) is 2.51. The lowest BCUT2D eigenvalue weighted by Crippen LogP contribution is -2.40. The quantitative estimate of drug-likeness (QED) is 0.711. The highest BCUT2D eigenvalue weighted by Gasteiger charge is 2.23. The van der Waals surface area contributed by atoms with Gasteiger partial charge in [0, 0.05) is 17.3 Å². The molecule has 1 aliphatic rings. The first-order chi connectivity index (χ1) is 7.46. The fourth-order valence-corrected chi connectivity index (χ4v) is 2.51. The lowest BCUT2D eigenvalue weighted by atomic mass is 9.86. The molecule has 0 amide bonds. The summed E-state index contributed by atoms with van der Waals surface area (Å²) in [5.41, 5.74) is 9.75.